The molecule has 12 nitrogen and oxygen atoms in total. The van der Waals surface area contributed by atoms with Crippen molar-refractivity contribution >= 4 is 23.4 Å². The SMILES string of the molecule is CC#CCOC1CCC(C=C(C)C2OC(=O)C3CCCCN3C(=O)C(=O)C3(O)OC(C(OC)CC(C)C(F)/C(C)=C/C(CC)C(=O)CCC2C)C(OC)CC3C)CC1OC. The van der Waals surface area contributed by atoms with E-state index in [2.05, 4.69) is 17.9 Å². The van der Waals surface area contributed by atoms with E-state index in [-0.39, 0.29) is 62.1 Å². The summed E-state index contributed by atoms with van der Waals surface area (Å²) in [7, 11) is 4.60. The fourth-order valence-electron chi connectivity index (χ4n) is 9.69. The van der Waals surface area contributed by atoms with Crippen molar-refractivity contribution in [2.45, 2.75) is 174 Å². The molecule has 0 aromatic rings. The van der Waals surface area contributed by atoms with Gasteiger partial charge in [-0.1, -0.05) is 45.8 Å². The normalized spacial score (nSPS) is 39.3. The van der Waals surface area contributed by atoms with Crippen LogP contribution in [0.4, 0.5) is 4.39 Å². The van der Waals surface area contributed by atoms with Crippen LogP contribution in [0.25, 0.3) is 0 Å². The number of allylic oxidation sites excluding steroid dienone is 3. The highest BCUT2D eigenvalue weighted by Crippen LogP contribution is 2.39. The van der Waals surface area contributed by atoms with Crippen molar-refractivity contribution in [2.24, 2.45) is 29.6 Å². The molecule has 1 saturated carbocycles. The van der Waals surface area contributed by atoms with Crippen LogP contribution in [0.3, 0.4) is 0 Å². The van der Waals surface area contributed by atoms with Gasteiger partial charge in [0.15, 0.2) is 0 Å². The van der Waals surface area contributed by atoms with Crippen molar-refractivity contribution in [1.29, 1.82) is 0 Å². The van der Waals surface area contributed by atoms with Gasteiger partial charge in [-0.25, -0.2) is 9.18 Å². The smallest absolute Gasteiger partial charge is 0.329 e. The minimum Gasteiger partial charge on any atom is -0.456 e. The van der Waals surface area contributed by atoms with Gasteiger partial charge >= 0.3 is 5.97 Å². The Kier molecular flexibility index (Phi) is 19.0. The molecule has 1 N–H and O–H groups in total. The van der Waals surface area contributed by atoms with Crippen LogP contribution in [-0.4, -0.2) is 123 Å². The predicted molar refractivity (Wildman–Crippen MR) is 224 cm³/mol. The molecule has 338 valence electrons. The van der Waals surface area contributed by atoms with Gasteiger partial charge in [-0.3, -0.25) is 14.4 Å². The molecule has 3 aliphatic heterocycles. The molecule has 2 bridgehead atoms. The number of nitrogens with zero attached hydrogens (tertiary/aromatic N) is 1. The molecule has 0 radical (unpaired) electrons. The number of piperidine rings is 1. The third kappa shape index (κ3) is 11.9. The van der Waals surface area contributed by atoms with Crippen molar-refractivity contribution in [3.8, 4) is 11.8 Å². The molecule has 4 aliphatic rings. The number of carbonyl (C=O) groups excluding carboxylic acids is 4. The van der Waals surface area contributed by atoms with Gasteiger partial charge in [0.2, 0.25) is 5.79 Å². The van der Waals surface area contributed by atoms with E-state index in [1.165, 1.54) is 19.1 Å². The van der Waals surface area contributed by atoms with Gasteiger partial charge in [0.05, 0.1) is 24.4 Å². The zero-order chi connectivity index (χ0) is 44.3. The molecule has 14 unspecified atom stereocenters. The first-order valence-corrected chi connectivity index (χ1v) is 22.1. The molecule has 13 heteroatoms. The second-order valence-electron chi connectivity index (χ2n) is 17.7. The molecule has 4 rings (SSSR count). The number of cyclic esters (lactones) is 1. The van der Waals surface area contributed by atoms with E-state index < -0.39 is 77.8 Å². The lowest BCUT2D eigenvalue weighted by molar-refractivity contribution is -0.302. The Morgan fingerprint density at radius 1 is 0.950 bits per heavy atom. The number of ketones is 2. The summed E-state index contributed by atoms with van der Waals surface area (Å²) in [5.41, 5.74) is 1.23. The van der Waals surface area contributed by atoms with Crippen molar-refractivity contribution < 1.29 is 57.1 Å². The quantitative estimate of drug-likeness (QED) is 0.124. The van der Waals surface area contributed by atoms with E-state index in [9.17, 15) is 24.3 Å². The Bertz CT molecular complexity index is 1600. The Labute approximate surface area is 357 Å². The first kappa shape index (κ1) is 49.7. The van der Waals surface area contributed by atoms with Gasteiger partial charge in [-0.15, -0.1) is 5.92 Å². The Morgan fingerprint density at radius 3 is 2.28 bits per heavy atom. The summed E-state index contributed by atoms with van der Waals surface area (Å²) in [6.45, 7) is 13.0. The van der Waals surface area contributed by atoms with E-state index in [0.717, 1.165) is 18.4 Å². The van der Waals surface area contributed by atoms with Crippen LogP contribution in [0.5, 0.6) is 0 Å². The van der Waals surface area contributed by atoms with Gasteiger partial charge in [0.25, 0.3) is 11.7 Å². The highest BCUT2D eigenvalue weighted by molar-refractivity contribution is 6.39. The van der Waals surface area contributed by atoms with Crippen LogP contribution in [0.2, 0.25) is 0 Å². The number of methoxy groups -OCH3 is 3. The third-order valence-electron chi connectivity index (χ3n) is 13.5. The molecule has 3 fully saturated rings. The zero-order valence-electron chi connectivity index (χ0n) is 37.7. The zero-order valence-corrected chi connectivity index (χ0v) is 37.7. The van der Waals surface area contributed by atoms with E-state index in [0.29, 0.717) is 44.3 Å². The summed E-state index contributed by atoms with van der Waals surface area (Å²) >= 11 is 0. The van der Waals surface area contributed by atoms with Crippen LogP contribution < -0.4 is 0 Å². The van der Waals surface area contributed by atoms with E-state index in [1.807, 2.05) is 20.8 Å². The number of alkyl halides is 1. The molecule has 3 heterocycles. The molecule has 0 aromatic heterocycles. The number of carbonyl (C=O) groups is 4. The van der Waals surface area contributed by atoms with Gasteiger partial charge in [0, 0.05) is 46.1 Å². The Balaban J connectivity index is 1.73. The van der Waals surface area contributed by atoms with Crippen LogP contribution in [-0.2, 0) is 47.6 Å². The molecule has 60 heavy (non-hydrogen) atoms. The lowest BCUT2D eigenvalue weighted by Crippen LogP contribution is -2.64. The summed E-state index contributed by atoms with van der Waals surface area (Å²) < 4.78 is 52.3. The molecule has 1 aliphatic carbocycles. The maximum Gasteiger partial charge on any atom is 0.329 e. The van der Waals surface area contributed by atoms with Gasteiger partial charge in [-0.2, -0.15) is 0 Å². The molecule has 2 saturated heterocycles. The summed E-state index contributed by atoms with van der Waals surface area (Å²) in [5.74, 6) is -1.88. The summed E-state index contributed by atoms with van der Waals surface area (Å²) in [6.07, 6.45) is 3.98. The number of esters is 1. The van der Waals surface area contributed by atoms with Gasteiger partial charge in [-0.05, 0) is 114 Å². The number of hydrogen-bond donors (Lipinski definition) is 1. The van der Waals surface area contributed by atoms with E-state index in [4.69, 9.17) is 28.4 Å². The molecular weight excluding hydrogens is 774 g/mol. The number of Topliss-reactive ketones (excluding diaryl/α,β-unsaturated/α-hetero) is 2. The number of fused-ring (bicyclic) bond motifs is 3. The summed E-state index contributed by atoms with van der Waals surface area (Å²) in [5, 5.41) is 12.0. The van der Waals surface area contributed by atoms with E-state index >= 15 is 4.39 Å². The second kappa shape index (κ2) is 22.9. The van der Waals surface area contributed by atoms with Gasteiger partial charge in [0.1, 0.15) is 36.8 Å². The van der Waals surface area contributed by atoms with Crippen molar-refractivity contribution in [2.75, 3.05) is 34.5 Å². The van der Waals surface area contributed by atoms with Crippen LogP contribution in [0, 0.1) is 41.4 Å². The third-order valence-corrected chi connectivity index (χ3v) is 13.5. The van der Waals surface area contributed by atoms with Crippen LogP contribution >= 0.6 is 0 Å². The highest BCUT2D eigenvalue weighted by Gasteiger charge is 2.56. The van der Waals surface area contributed by atoms with Crippen LogP contribution in [0.15, 0.2) is 23.3 Å². The van der Waals surface area contributed by atoms with Crippen molar-refractivity contribution in [3.63, 3.8) is 0 Å². The van der Waals surface area contributed by atoms with E-state index in [1.54, 1.807) is 40.9 Å². The standard InChI is InChI=1S/C47H72FNO11/c1-11-13-22-58-37-20-18-33(27-38(37)55-8)23-31(6)42-28(3)17-19-36(50)34(12-2)24-29(4)41(48)30(5)25-39(56-9)43-40(57-10)26-32(7)47(54,60-43)44(51)45(52)49-21-15-14-16-35(49)46(53)59-42/h23-24,28,30,32-35,37-43,54H,12,14-22,25-27H2,1-10H3/b29-24+,31-23?. The first-order valence-electron chi connectivity index (χ1n) is 22.1. The fraction of sp³-hybridized carbons (Fsp3) is 0.787. The molecule has 1 amide bonds. The van der Waals surface area contributed by atoms with Crippen molar-refractivity contribution in [1.82, 2.24) is 4.90 Å². The average Bonchev–Trinajstić information content (AvgIpc) is 3.25. The minimum atomic E-state index is -2.56. The summed E-state index contributed by atoms with van der Waals surface area (Å²) in [4.78, 5) is 57.9. The number of ether oxygens (including phenoxy) is 6. The fourth-order valence-corrected chi connectivity index (χ4v) is 9.69. The highest BCUT2D eigenvalue weighted by atomic mass is 19.1. The number of halogens is 1. The number of amides is 1. The second-order valence-corrected chi connectivity index (χ2v) is 17.7. The number of hydrogen-bond acceptors (Lipinski definition) is 11. The Hall–Kier alpha value is -2.99. The predicted octanol–water partition coefficient (Wildman–Crippen LogP) is 6.50. The monoisotopic (exact) mass is 846 g/mol. The number of aliphatic hydroxyl groups is 1. The molecule has 0 aromatic carbocycles. The van der Waals surface area contributed by atoms with Crippen LogP contribution in [0.1, 0.15) is 119 Å². The number of rotatable bonds is 8. The van der Waals surface area contributed by atoms with Crippen molar-refractivity contribution in [3.05, 3.63) is 23.3 Å². The van der Waals surface area contributed by atoms with Gasteiger partial charge < -0.3 is 38.4 Å². The molecular formula is C47H72FNO11. The minimum absolute atomic E-state index is 0.0283. The topological polar surface area (TPSA) is 147 Å². The Morgan fingerprint density at radius 2 is 1.63 bits per heavy atom. The largest absolute Gasteiger partial charge is 0.456 e. The maximum absolute atomic E-state index is 16.2. The lowest BCUT2D eigenvalue weighted by Gasteiger charge is -2.47. The summed E-state index contributed by atoms with van der Waals surface area (Å²) in [6, 6.07) is -1.08. The average molecular weight is 846 g/mol. The molecule has 14 atom stereocenters. The first-order chi connectivity index (χ1) is 28.5. The maximum atomic E-state index is 16.2. The lowest BCUT2D eigenvalue weighted by atomic mass is 9.81. The molecule has 0 spiro atoms.